The minimum atomic E-state index is -1.76. The van der Waals surface area contributed by atoms with Crippen LogP contribution >= 0.6 is 11.3 Å². The number of nitrogens with zero attached hydrogens (tertiary/aromatic N) is 3. The van der Waals surface area contributed by atoms with E-state index in [-0.39, 0.29) is 40.9 Å². The molecular formula is C20H19F2N5O4S. The van der Waals surface area contributed by atoms with Crippen molar-refractivity contribution in [3.05, 3.63) is 28.3 Å². The van der Waals surface area contributed by atoms with E-state index in [2.05, 4.69) is 20.8 Å². The van der Waals surface area contributed by atoms with Crippen molar-refractivity contribution in [2.75, 3.05) is 11.4 Å². The zero-order valence-corrected chi connectivity index (χ0v) is 18.2. The summed E-state index contributed by atoms with van der Waals surface area (Å²) in [4.78, 5) is 39.5. The number of imide groups is 2. The minimum Gasteiger partial charge on any atom is -0.372 e. The summed E-state index contributed by atoms with van der Waals surface area (Å²) in [6.07, 6.45) is -1.28. The summed E-state index contributed by atoms with van der Waals surface area (Å²) in [5.41, 5.74) is -1.60. The lowest BCUT2D eigenvalue weighted by Gasteiger charge is -2.55. The predicted octanol–water partition coefficient (Wildman–Crippen LogP) is 1.68. The molecule has 0 saturated carbocycles. The first-order chi connectivity index (χ1) is 15.1. The SMILES string of the molecule is Cc1nnc(-c2cc3c(c(F)c2F)N2C[C@@H](C)O[C@@H](C)[C@@H]2C2(C3)C(=O)NC(=O)NC2=O)s1. The van der Waals surface area contributed by atoms with Crippen LogP contribution < -0.4 is 15.5 Å². The number of hydrogen-bond acceptors (Lipinski definition) is 8. The van der Waals surface area contributed by atoms with Gasteiger partial charge in [0.15, 0.2) is 22.1 Å². The summed E-state index contributed by atoms with van der Waals surface area (Å²) in [5.74, 6) is -3.75. The van der Waals surface area contributed by atoms with Crippen molar-refractivity contribution < 1.29 is 27.9 Å². The Balaban J connectivity index is 1.75. The molecule has 9 nitrogen and oxygen atoms in total. The lowest BCUT2D eigenvalue weighted by Crippen LogP contribution is -2.75. The maximum Gasteiger partial charge on any atom is 0.328 e. The number of aromatic nitrogens is 2. The number of carbonyl (C=O) groups is 3. The van der Waals surface area contributed by atoms with Gasteiger partial charge in [0.25, 0.3) is 0 Å². The number of benzene rings is 1. The van der Waals surface area contributed by atoms with Crippen LogP contribution in [-0.4, -0.2) is 52.8 Å². The minimum absolute atomic E-state index is 0.0115. The van der Waals surface area contributed by atoms with E-state index in [0.29, 0.717) is 5.01 Å². The average molecular weight is 463 g/mol. The van der Waals surface area contributed by atoms with Gasteiger partial charge in [0.1, 0.15) is 5.01 Å². The normalized spacial score (nSPS) is 26.5. The van der Waals surface area contributed by atoms with E-state index in [0.717, 1.165) is 11.3 Å². The number of anilines is 1. The molecule has 0 radical (unpaired) electrons. The fourth-order valence-corrected chi connectivity index (χ4v) is 5.80. The van der Waals surface area contributed by atoms with Crippen molar-refractivity contribution in [1.29, 1.82) is 0 Å². The van der Waals surface area contributed by atoms with Crippen LogP contribution in [0, 0.1) is 24.0 Å². The average Bonchev–Trinajstić information content (AvgIpc) is 3.14. The van der Waals surface area contributed by atoms with Gasteiger partial charge in [0, 0.05) is 13.0 Å². The highest BCUT2D eigenvalue weighted by Gasteiger charge is 2.63. The van der Waals surface area contributed by atoms with Gasteiger partial charge in [-0.05, 0) is 32.4 Å². The Hall–Kier alpha value is -2.99. The van der Waals surface area contributed by atoms with Gasteiger partial charge in [-0.25, -0.2) is 13.6 Å². The maximum atomic E-state index is 15.5. The lowest BCUT2D eigenvalue weighted by molar-refractivity contribution is -0.153. The summed E-state index contributed by atoms with van der Waals surface area (Å²) < 4.78 is 36.6. The molecule has 32 heavy (non-hydrogen) atoms. The number of morpholine rings is 1. The van der Waals surface area contributed by atoms with Crippen LogP contribution in [0.1, 0.15) is 24.4 Å². The molecule has 1 aromatic heterocycles. The van der Waals surface area contributed by atoms with E-state index in [1.807, 2.05) is 0 Å². The fraction of sp³-hybridized carbons (Fsp3) is 0.450. The summed E-state index contributed by atoms with van der Waals surface area (Å²) >= 11 is 1.10. The number of amides is 4. The molecule has 2 N–H and O–H groups in total. The number of fused-ring (bicyclic) bond motifs is 4. The first-order valence-electron chi connectivity index (χ1n) is 10.0. The largest absolute Gasteiger partial charge is 0.372 e. The summed E-state index contributed by atoms with van der Waals surface area (Å²) in [6, 6.07) is -0.452. The van der Waals surface area contributed by atoms with Crippen molar-refractivity contribution in [3.8, 4) is 10.6 Å². The van der Waals surface area contributed by atoms with Gasteiger partial charge < -0.3 is 9.64 Å². The standard InChI is InChI=1S/C20H19F2N5O4S/c1-7-6-27-14-10(4-11(12(21)13(14)22)16-26-25-9(3)32-16)5-20(15(27)8(2)31-7)17(28)23-19(30)24-18(20)29/h4,7-8,15H,5-6H2,1-3H3,(H2,23,24,28,29,30)/t7-,8+,15-/m1/s1. The Morgan fingerprint density at radius 2 is 1.84 bits per heavy atom. The van der Waals surface area contributed by atoms with Gasteiger partial charge in [-0.15, -0.1) is 10.2 Å². The molecule has 2 aromatic rings. The highest BCUT2D eigenvalue weighted by atomic mass is 32.1. The number of ether oxygens (including phenoxy) is 1. The molecule has 3 aliphatic rings. The topological polar surface area (TPSA) is 114 Å². The number of halogens is 2. The van der Waals surface area contributed by atoms with Crippen LogP contribution in [-0.2, 0) is 20.7 Å². The Morgan fingerprint density at radius 1 is 1.16 bits per heavy atom. The molecule has 4 heterocycles. The molecule has 5 rings (SSSR count). The third-order valence-corrected chi connectivity index (χ3v) is 7.10. The second-order valence-corrected chi connectivity index (χ2v) is 9.50. The van der Waals surface area contributed by atoms with Gasteiger partial charge in [-0.2, -0.15) is 0 Å². The summed E-state index contributed by atoms with van der Waals surface area (Å²) in [7, 11) is 0. The highest BCUT2D eigenvalue weighted by molar-refractivity contribution is 7.14. The Bertz CT molecular complexity index is 1160. The van der Waals surface area contributed by atoms with Crippen molar-refractivity contribution in [1.82, 2.24) is 20.8 Å². The third-order valence-electron chi connectivity index (χ3n) is 6.22. The molecule has 2 saturated heterocycles. The van der Waals surface area contributed by atoms with Gasteiger partial charge >= 0.3 is 6.03 Å². The van der Waals surface area contributed by atoms with Gasteiger partial charge in [0.05, 0.1) is 29.5 Å². The van der Waals surface area contributed by atoms with Gasteiger partial charge in [-0.3, -0.25) is 20.2 Å². The molecule has 168 valence electrons. The van der Waals surface area contributed by atoms with Crippen molar-refractivity contribution >= 4 is 34.9 Å². The van der Waals surface area contributed by atoms with Crippen LogP contribution in [0.2, 0.25) is 0 Å². The second-order valence-electron chi connectivity index (χ2n) is 8.32. The lowest BCUT2D eigenvalue weighted by atomic mass is 9.66. The zero-order valence-electron chi connectivity index (χ0n) is 17.4. The van der Waals surface area contributed by atoms with Crippen LogP contribution in [0.25, 0.3) is 10.6 Å². The van der Waals surface area contributed by atoms with E-state index in [4.69, 9.17) is 4.74 Å². The molecular weight excluding hydrogens is 444 g/mol. The highest BCUT2D eigenvalue weighted by Crippen LogP contribution is 2.49. The first-order valence-corrected chi connectivity index (χ1v) is 10.9. The molecule has 4 amide bonds. The third kappa shape index (κ3) is 2.78. The van der Waals surface area contributed by atoms with Crippen LogP contribution in [0.15, 0.2) is 6.07 Å². The number of urea groups is 1. The number of hydrogen-bond donors (Lipinski definition) is 2. The number of rotatable bonds is 1. The number of aryl methyl sites for hydroxylation is 1. The monoisotopic (exact) mass is 463 g/mol. The molecule has 1 aromatic carbocycles. The van der Waals surface area contributed by atoms with E-state index >= 15 is 8.78 Å². The molecule has 3 aliphatic heterocycles. The van der Waals surface area contributed by atoms with E-state index < -0.39 is 47.0 Å². The number of barbiturate groups is 1. The van der Waals surface area contributed by atoms with E-state index in [1.165, 1.54) is 11.0 Å². The zero-order chi connectivity index (χ0) is 22.9. The number of carbonyl (C=O) groups excluding carboxylic acids is 3. The van der Waals surface area contributed by atoms with Gasteiger partial charge in [0.2, 0.25) is 11.8 Å². The molecule has 2 fully saturated rings. The quantitative estimate of drug-likeness (QED) is 0.619. The van der Waals surface area contributed by atoms with Crippen molar-refractivity contribution in [2.24, 2.45) is 5.41 Å². The molecule has 0 aliphatic carbocycles. The van der Waals surface area contributed by atoms with Crippen LogP contribution in [0.5, 0.6) is 0 Å². The molecule has 3 atom stereocenters. The smallest absolute Gasteiger partial charge is 0.328 e. The Labute approximate surface area is 185 Å². The molecule has 0 bridgehead atoms. The second kappa shape index (κ2) is 7.01. The Kier molecular flexibility index (Phi) is 4.57. The Morgan fingerprint density at radius 3 is 2.47 bits per heavy atom. The van der Waals surface area contributed by atoms with E-state index in [1.54, 1.807) is 20.8 Å². The fourth-order valence-electron chi connectivity index (χ4n) is 5.10. The summed E-state index contributed by atoms with van der Waals surface area (Å²) in [5, 5.41) is 12.9. The van der Waals surface area contributed by atoms with Crippen LogP contribution in [0.4, 0.5) is 19.3 Å². The summed E-state index contributed by atoms with van der Waals surface area (Å²) in [6.45, 7) is 5.26. The maximum absolute atomic E-state index is 15.5. The molecule has 12 heteroatoms. The van der Waals surface area contributed by atoms with Crippen molar-refractivity contribution in [2.45, 2.75) is 45.4 Å². The van der Waals surface area contributed by atoms with E-state index in [9.17, 15) is 14.4 Å². The first kappa shape index (κ1) is 20.9. The predicted molar refractivity (Wildman–Crippen MR) is 109 cm³/mol. The number of nitrogens with one attached hydrogen (secondary N) is 2. The van der Waals surface area contributed by atoms with Gasteiger partial charge in [-0.1, -0.05) is 11.3 Å². The molecule has 0 unspecified atom stereocenters. The molecule has 1 spiro atoms. The van der Waals surface area contributed by atoms with Crippen molar-refractivity contribution in [3.63, 3.8) is 0 Å². The van der Waals surface area contributed by atoms with Crippen LogP contribution in [0.3, 0.4) is 0 Å².